The number of aliphatic hydroxyl groups is 2. The van der Waals surface area contributed by atoms with Gasteiger partial charge in [0.2, 0.25) is 0 Å². The summed E-state index contributed by atoms with van der Waals surface area (Å²) in [7, 11) is 0. The molecule has 2 unspecified atom stereocenters. The zero-order valence-corrected chi connectivity index (χ0v) is 9.93. The molecule has 0 saturated carbocycles. The molecule has 92 valence electrons. The molecule has 2 atom stereocenters. The van der Waals surface area contributed by atoms with E-state index < -0.39 is 12.2 Å². The molecule has 0 amide bonds. The molecular formula is C10H13N3O3S. The van der Waals surface area contributed by atoms with Gasteiger partial charge < -0.3 is 19.8 Å². The Morgan fingerprint density at radius 1 is 1.47 bits per heavy atom. The number of thiazole rings is 1. The highest BCUT2D eigenvalue weighted by molar-refractivity contribution is 7.13. The summed E-state index contributed by atoms with van der Waals surface area (Å²) in [6.45, 7) is 2.87. The molecule has 2 N–H and O–H groups in total. The third-order valence-corrected chi connectivity index (χ3v) is 3.45. The molecule has 17 heavy (non-hydrogen) atoms. The van der Waals surface area contributed by atoms with Crippen LogP contribution in [0.2, 0.25) is 0 Å². The van der Waals surface area contributed by atoms with E-state index in [1.54, 1.807) is 11.4 Å². The van der Waals surface area contributed by atoms with E-state index in [-0.39, 0.29) is 0 Å². The van der Waals surface area contributed by atoms with Gasteiger partial charge in [-0.25, -0.2) is 4.98 Å². The van der Waals surface area contributed by atoms with Gasteiger partial charge in [-0.1, -0.05) is 0 Å². The molecule has 1 aliphatic rings. The average molecular weight is 255 g/mol. The van der Waals surface area contributed by atoms with Crippen LogP contribution in [0.25, 0.3) is 0 Å². The lowest BCUT2D eigenvalue weighted by molar-refractivity contribution is 0.0503. The standard InChI is InChI=1S/C10H13N3O3S/c11-5-8(14)9(15)7-6-17-10(12-7)13-1-3-16-4-2-13/h6,8-9,14-15H,1-4H2. The zero-order chi connectivity index (χ0) is 12.3. The average Bonchev–Trinajstić information content (AvgIpc) is 2.87. The van der Waals surface area contributed by atoms with Gasteiger partial charge in [0.15, 0.2) is 11.2 Å². The molecule has 2 rings (SSSR count). The molecule has 0 aliphatic carbocycles. The van der Waals surface area contributed by atoms with Gasteiger partial charge in [-0.05, 0) is 0 Å². The Hall–Kier alpha value is -1.20. The first-order valence-electron chi connectivity index (χ1n) is 5.26. The minimum atomic E-state index is -1.44. The Morgan fingerprint density at radius 2 is 2.18 bits per heavy atom. The number of aromatic nitrogens is 1. The largest absolute Gasteiger partial charge is 0.383 e. The second-order valence-electron chi connectivity index (χ2n) is 3.67. The summed E-state index contributed by atoms with van der Waals surface area (Å²) in [4.78, 5) is 6.29. The molecule has 0 spiro atoms. The highest BCUT2D eigenvalue weighted by Crippen LogP contribution is 2.26. The number of ether oxygens (including phenoxy) is 1. The van der Waals surface area contributed by atoms with Gasteiger partial charge in [-0.15, -0.1) is 11.3 Å². The fourth-order valence-corrected chi connectivity index (χ4v) is 2.45. The van der Waals surface area contributed by atoms with Crippen LogP contribution in [0.1, 0.15) is 11.8 Å². The van der Waals surface area contributed by atoms with E-state index in [0.717, 1.165) is 18.2 Å². The van der Waals surface area contributed by atoms with Gasteiger partial charge in [0.25, 0.3) is 0 Å². The molecule has 2 heterocycles. The number of rotatable bonds is 3. The predicted molar refractivity (Wildman–Crippen MR) is 61.7 cm³/mol. The monoisotopic (exact) mass is 255 g/mol. The van der Waals surface area contributed by atoms with Crippen molar-refractivity contribution < 1.29 is 14.9 Å². The molecule has 6 nitrogen and oxygen atoms in total. The summed E-state index contributed by atoms with van der Waals surface area (Å²) in [6, 6.07) is 1.59. The second kappa shape index (κ2) is 5.42. The number of aliphatic hydroxyl groups excluding tert-OH is 2. The minimum absolute atomic E-state index is 0.338. The SMILES string of the molecule is N#CC(O)C(O)c1csc(N2CCOCC2)n1. The lowest BCUT2D eigenvalue weighted by Gasteiger charge is -2.26. The van der Waals surface area contributed by atoms with Crippen molar-refractivity contribution in [3.63, 3.8) is 0 Å². The summed E-state index contributed by atoms with van der Waals surface area (Å²) in [6.07, 6.45) is -2.68. The molecule has 1 aliphatic heterocycles. The first-order chi connectivity index (χ1) is 8.22. The number of nitriles is 1. The number of morpholine rings is 1. The third kappa shape index (κ3) is 2.73. The smallest absolute Gasteiger partial charge is 0.185 e. The molecule has 1 aromatic rings. The number of hydrogen-bond donors (Lipinski definition) is 2. The van der Waals surface area contributed by atoms with Crippen LogP contribution < -0.4 is 4.90 Å². The number of anilines is 1. The van der Waals surface area contributed by atoms with Gasteiger partial charge >= 0.3 is 0 Å². The Morgan fingerprint density at radius 3 is 2.82 bits per heavy atom. The fourth-order valence-electron chi connectivity index (χ4n) is 1.54. The number of hydrogen-bond acceptors (Lipinski definition) is 7. The number of nitrogens with zero attached hydrogens (tertiary/aromatic N) is 3. The summed E-state index contributed by atoms with van der Waals surface area (Å²) in [5.41, 5.74) is 0.338. The van der Waals surface area contributed by atoms with Crippen LogP contribution in [0.15, 0.2) is 5.38 Å². The second-order valence-corrected chi connectivity index (χ2v) is 4.51. The summed E-state index contributed by atoms with van der Waals surface area (Å²) >= 11 is 1.39. The molecule has 1 saturated heterocycles. The summed E-state index contributed by atoms with van der Waals surface area (Å²) in [5.74, 6) is 0. The van der Waals surface area contributed by atoms with E-state index in [1.165, 1.54) is 11.3 Å². The van der Waals surface area contributed by atoms with Crippen molar-refractivity contribution >= 4 is 16.5 Å². The Bertz CT molecular complexity index is 411. The van der Waals surface area contributed by atoms with Gasteiger partial charge in [-0.3, -0.25) is 0 Å². The first kappa shape index (κ1) is 12.3. The maximum Gasteiger partial charge on any atom is 0.185 e. The Labute approximate surface area is 103 Å². The van der Waals surface area contributed by atoms with E-state index in [2.05, 4.69) is 9.88 Å². The van der Waals surface area contributed by atoms with E-state index in [9.17, 15) is 10.2 Å². The fraction of sp³-hybridized carbons (Fsp3) is 0.600. The summed E-state index contributed by atoms with van der Waals surface area (Å²) in [5, 5.41) is 29.8. The van der Waals surface area contributed by atoms with Gasteiger partial charge in [0.1, 0.15) is 6.10 Å². The van der Waals surface area contributed by atoms with Gasteiger partial charge in [0, 0.05) is 18.5 Å². The van der Waals surface area contributed by atoms with Gasteiger partial charge in [0.05, 0.1) is 25.0 Å². The van der Waals surface area contributed by atoms with Crippen molar-refractivity contribution in [1.29, 1.82) is 5.26 Å². The van der Waals surface area contributed by atoms with Crippen LogP contribution in [-0.2, 0) is 4.74 Å². The van der Waals surface area contributed by atoms with Crippen LogP contribution in [-0.4, -0.2) is 47.6 Å². The van der Waals surface area contributed by atoms with Crippen LogP contribution in [0.5, 0.6) is 0 Å². The lowest BCUT2D eigenvalue weighted by Crippen LogP contribution is -2.36. The topological polar surface area (TPSA) is 89.6 Å². The maximum atomic E-state index is 9.63. The van der Waals surface area contributed by atoms with Crippen molar-refractivity contribution in [2.24, 2.45) is 0 Å². The molecule has 1 aromatic heterocycles. The van der Waals surface area contributed by atoms with Crippen molar-refractivity contribution in [1.82, 2.24) is 4.98 Å². The van der Waals surface area contributed by atoms with E-state index in [0.29, 0.717) is 18.9 Å². The van der Waals surface area contributed by atoms with E-state index in [1.807, 2.05) is 0 Å². The van der Waals surface area contributed by atoms with Crippen LogP contribution >= 0.6 is 11.3 Å². The summed E-state index contributed by atoms with van der Waals surface area (Å²) < 4.78 is 5.23. The van der Waals surface area contributed by atoms with Crippen LogP contribution in [0, 0.1) is 11.3 Å². The molecule has 7 heteroatoms. The van der Waals surface area contributed by atoms with Crippen molar-refractivity contribution in [3.05, 3.63) is 11.1 Å². The first-order valence-corrected chi connectivity index (χ1v) is 6.14. The Kier molecular flexibility index (Phi) is 3.91. The van der Waals surface area contributed by atoms with Crippen molar-refractivity contribution in [2.75, 3.05) is 31.2 Å². The molecule has 1 fully saturated rings. The van der Waals surface area contributed by atoms with Crippen molar-refractivity contribution in [3.8, 4) is 6.07 Å². The van der Waals surface area contributed by atoms with Gasteiger partial charge in [-0.2, -0.15) is 5.26 Å². The van der Waals surface area contributed by atoms with E-state index >= 15 is 0 Å². The molecular weight excluding hydrogens is 242 g/mol. The third-order valence-electron chi connectivity index (χ3n) is 2.53. The van der Waals surface area contributed by atoms with E-state index in [4.69, 9.17) is 10.00 Å². The molecule has 0 radical (unpaired) electrons. The molecule has 0 bridgehead atoms. The predicted octanol–water partition coefficient (Wildman–Crippen LogP) is -0.102. The lowest BCUT2D eigenvalue weighted by atomic mass is 10.2. The zero-order valence-electron chi connectivity index (χ0n) is 9.11. The Balaban J connectivity index is 2.07. The highest BCUT2D eigenvalue weighted by atomic mass is 32.1. The normalized spacial score (nSPS) is 19.7. The quantitative estimate of drug-likeness (QED) is 0.733. The molecule has 0 aromatic carbocycles. The highest BCUT2D eigenvalue weighted by Gasteiger charge is 2.22. The maximum absolute atomic E-state index is 9.63. The van der Waals surface area contributed by atoms with Crippen LogP contribution in [0.3, 0.4) is 0 Å². The minimum Gasteiger partial charge on any atom is -0.383 e. The van der Waals surface area contributed by atoms with Crippen molar-refractivity contribution in [2.45, 2.75) is 12.2 Å². The van der Waals surface area contributed by atoms with Crippen LogP contribution in [0.4, 0.5) is 5.13 Å².